The van der Waals surface area contributed by atoms with Crippen molar-refractivity contribution in [3.63, 3.8) is 0 Å². The quantitative estimate of drug-likeness (QED) is 0.255. The second kappa shape index (κ2) is 12.4. The van der Waals surface area contributed by atoms with E-state index >= 15 is 0 Å². The molecular weight excluding hydrogens is 532 g/mol. The van der Waals surface area contributed by atoms with Gasteiger partial charge in [0, 0.05) is 38.9 Å². The Kier molecular flexibility index (Phi) is 9.29. The molecule has 174 valence electrons. The molecule has 4 rings (SSSR count). The lowest BCUT2D eigenvalue weighted by molar-refractivity contribution is 0.305. The largest absolute Gasteiger partial charge is 0.489 e. The van der Waals surface area contributed by atoms with Gasteiger partial charge < -0.3 is 20.3 Å². The zero-order valence-electron chi connectivity index (χ0n) is 18.6. The summed E-state index contributed by atoms with van der Waals surface area (Å²) in [5.41, 5.74) is 2.27. The number of hydrogen-bond donors (Lipinski definition) is 2. The Morgan fingerprint density at radius 2 is 1.85 bits per heavy atom. The Balaban J connectivity index is 0.00000306. The van der Waals surface area contributed by atoms with Crippen molar-refractivity contribution in [1.82, 2.24) is 15.6 Å². The number of rotatable bonds is 7. The summed E-state index contributed by atoms with van der Waals surface area (Å²) < 4.78 is 20.0. The zero-order chi connectivity index (χ0) is 22.2. The molecule has 0 spiro atoms. The molecule has 0 saturated carbocycles. The van der Waals surface area contributed by atoms with Crippen LogP contribution in [-0.4, -0.2) is 37.1 Å². The maximum atomic E-state index is 14.0. The Morgan fingerprint density at radius 1 is 1.09 bits per heavy atom. The Hall–Kier alpha value is -2.88. The first-order chi connectivity index (χ1) is 15.7. The SMILES string of the molecule is CN=C(NCc1ccccc1COc1ccccc1)NC1CCN(c2ncccc2F)C1.I. The lowest BCUT2D eigenvalue weighted by Gasteiger charge is -2.20. The smallest absolute Gasteiger partial charge is 0.191 e. The first-order valence-electron chi connectivity index (χ1n) is 10.8. The number of halogens is 2. The van der Waals surface area contributed by atoms with Crippen LogP contribution >= 0.6 is 24.0 Å². The molecule has 8 heteroatoms. The molecule has 1 fully saturated rings. The van der Waals surface area contributed by atoms with Gasteiger partial charge in [-0.3, -0.25) is 4.99 Å². The number of hydrogen-bond acceptors (Lipinski definition) is 4. The van der Waals surface area contributed by atoms with Crippen LogP contribution in [0.3, 0.4) is 0 Å². The van der Waals surface area contributed by atoms with Crippen molar-refractivity contribution >= 4 is 35.8 Å². The summed E-state index contributed by atoms with van der Waals surface area (Å²) >= 11 is 0. The van der Waals surface area contributed by atoms with E-state index in [0.29, 0.717) is 25.5 Å². The molecule has 1 aliphatic heterocycles. The fraction of sp³-hybridized carbons (Fsp3) is 0.280. The van der Waals surface area contributed by atoms with Gasteiger partial charge in [-0.05, 0) is 41.8 Å². The minimum absolute atomic E-state index is 0. The molecule has 1 saturated heterocycles. The van der Waals surface area contributed by atoms with E-state index < -0.39 is 0 Å². The third kappa shape index (κ3) is 6.80. The molecule has 2 N–H and O–H groups in total. The molecule has 0 bridgehead atoms. The third-order valence-electron chi connectivity index (χ3n) is 5.49. The Labute approximate surface area is 211 Å². The van der Waals surface area contributed by atoms with E-state index in [1.54, 1.807) is 19.3 Å². The Bertz CT molecular complexity index is 1050. The second-order valence-electron chi connectivity index (χ2n) is 7.68. The van der Waals surface area contributed by atoms with Crippen molar-refractivity contribution in [3.05, 3.63) is 89.9 Å². The van der Waals surface area contributed by atoms with Crippen molar-refractivity contribution in [2.45, 2.75) is 25.6 Å². The van der Waals surface area contributed by atoms with E-state index in [0.717, 1.165) is 35.8 Å². The van der Waals surface area contributed by atoms with E-state index in [-0.39, 0.29) is 35.8 Å². The summed E-state index contributed by atoms with van der Waals surface area (Å²) in [5.74, 6) is 1.69. The van der Waals surface area contributed by atoms with Crippen molar-refractivity contribution in [2.24, 2.45) is 4.99 Å². The van der Waals surface area contributed by atoms with Crippen LogP contribution in [0, 0.1) is 5.82 Å². The van der Waals surface area contributed by atoms with Crippen molar-refractivity contribution in [2.75, 3.05) is 25.0 Å². The molecule has 0 radical (unpaired) electrons. The van der Waals surface area contributed by atoms with Crippen molar-refractivity contribution in [1.29, 1.82) is 0 Å². The second-order valence-corrected chi connectivity index (χ2v) is 7.68. The lowest BCUT2D eigenvalue weighted by Crippen LogP contribution is -2.44. The monoisotopic (exact) mass is 561 g/mol. The molecule has 0 aliphatic carbocycles. The minimum Gasteiger partial charge on any atom is -0.489 e. The van der Waals surface area contributed by atoms with Crippen LogP contribution in [0.2, 0.25) is 0 Å². The van der Waals surface area contributed by atoms with E-state index in [2.05, 4.69) is 32.7 Å². The molecule has 6 nitrogen and oxygen atoms in total. The van der Waals surface area contributed by atoms with Crippen LogP contribution in [-0.2, 0) is 13.2 Å². The van der Waals surface area contributed by atoms with Gasteiger partial charge in [0.2, 0.25) is 0 Å². The number of para-hydroxylation sites is 1. The fourth-order valence-electron chi connectivity index (χ4n) is 3.80. The predicted molar refractivity (Wildman–Crippen MR) is 141 cm³/mol. The van der Waals surface area contributed by atoms with Gasteiger partial charge in [0.1, 0.15) is 12.4 Å². The molecule has 1 aromatic heterocycles. The van der Waals surface area contributed by atoms with Gasteiger partial charge in [-0.1, -0.05) is 42.5 Å². The highest BCUT2D eigenvalue weighted by Crippen LogP contribution is 2.21. The van der Waals surface area contributed by atoms with E-state index in [1.165, 1.54) is 6.07 Å². The van der Waals surface area contributed by atoms with Gasteiger partial charge in [0.25, 0.3) is 0 Å². The number of anilines is 1. The summed E-state index contributed by atoms with van der Waals surface area (Å²) in [7, 11) is 1.75. The van der Waals surface area contributed by atoms with Crippen LogP contribution < -0.4 is 20.3 Å². The summed E-state index contributed by atoms with van der Waals surface area (Å²) in [6, 6.07) is 21.2. The first kappa shape index (κ1) is 24.8. The van der Waals surface area contributed by atoms with Crippen LogP contribution in [0.25, 0.3) is 0 Å². The molecule has 1 atom stereocenters. The number of nitrogens with one attached hydrogen (secondary N) is 2. The average Bonchev–Trinajstić information content (AvgIpc) is 3.30. The van der Waals surface area contributed by atoms with Gasteiger partial charge in [0.05, 0.1) is 0 Å². The van der Waals surface area contributed by atoms with E-state index in [4.69, 9.17) is 4.74 Å². The molecule has 33 heavy (non-hydrogen) atoms. The van der Waals surface area contributed by atoms with Gasteiger partial charge in [-0.15, -0.1) is 24.0 Å². The van der Waals surface area contributed by atoms with Gasteiger partial charge in [-0.25, -0.2) is 9.37 Å². The van der Waals surface area contributed by atoms with Crippen LogP contribution in [0.1, 0.15) is 17.5 Å². The molecular formula is C25H29FIN5O. The normalized spacial score (nSPS) is 15.6. The number of aliphatic imine (C=N–C) groups is 1. The third-order valence-corrected chi connectivity index (χ3v) is 5.49. The van der Waals surface area contributed by atoms with Gasteiger partial charge in [-0.2, -0.15) is 0 Å². The number of aromatic nitrogens is 1. The average molecular weight is 561 g/mol. The maximum Gasteiger partial charge on any atom is 0.191 e. The van der Waals surface area contributed by atoms with Crippen molar-refractivity contribution < 1.29 is 9.13 Å². The number of benzene rings is 2. The predicted octanol–water partition coefficient (Wildman–Crippen LogP) is 4.36. The molecule has 0 amide bonds. The van der Waals surface area contributed by atoms with Gasteiger partial charge in [0.15, 0.2) is 17.6 Å². The number of nitrogens with zero attached hydrogens (tertiary/aromatic N) is 3. The van der Waals surface area contributed by atoms with E-state index in [9.17, 15) is 4.39 Å². The van der Waals surface area contributed by atoms with Crippen LogP contribution in [0.4, 0.5) is 10.2 Å². The molecule has 2 aromatic carbocycles. The maximum absolute atomic E-state index is 14.0. The summed E-state index contributed by atoms with van der Waals surface area (Å²) in [6.07, 6.45) is 2.51. The molecule has 3 aromatic rings. The lowest BCUT2D eigenvalue weighted by atomic mass is 10.1. The topological polar surface area (TPSA) is 61.8 Å². The molecule has 1 aliphatic rings. The molecule has 2 heterocycles. The summed E-state index contributed by atoms with van der Waals surface area (Å²) in [4.78, 5) is 10.5. The van der Waals surface area contributed by atoms with E-state index in [1.807, 2.05) is 47.4 Å². The summed E-state index contributed by atoms with van der Waals surface area (Å²) in [6.45, 7) is 2.55. The number of guanidine groups is 1. The fourth-order valence-corrected chi connectivity index (χ4v) is 3.80. The number of pyridine rings is 1. The van der Waals surface area contributed by atoms with Crippen LogP contribution in [0.15, 0.2) is 77.9 Å². The van der Waals surface area contributed by atoms with Crippen LogP contribution in [0.5, 0.6) is 5.75 Å². The highest BCUT2D eigenvalue weighted by molar-refractivity contribution is 14.0. The standard InChI is InChI=1S/C25H28FN5O.HI/c1-27-25(30-21-13-15-31(17-21)24-23(26)12-7-14-28-24)29-16-19-8-5-6-9-20(19)18-32-22-10-3-2-4-11-22;/h2-12,14,21H,13,15-18H2,1H3,(H2,27,29,30);1H. The summed E-state index contributed by atoms with van der Waals surface area (Å²) in [5, 5.41) is 6.84. The van der Waals surface area contributed by atoms with Gasteiger partial charge >= 0.3 is 0 Å². The number of ether oxygens (including phenoxy) is 1. The zero-order valence-corrected chi connectivity index (χ0v) is 20.9. The van der Waals surface area contributed by atoms with Crippen molar-refractivity contribution in [3.8, 4) is 5.75 Å². The minimum atomic E-state index is -0.287. The first-order valence-corrected chi connectivity index (χ1v) is 10.8. The highest BCUT2D eigenvalue weighted by Gasteiger charge is 2.25. The molecule has 1 unspecified atom stereocenters. The Morgan fingerprint density at radius 3 is 2.61 bits per heavy atom. The highest BCUT2D eigenvalue weighted by atomic mass is 127.